The zero-order valence-electron chi connectivity index (χ0n) is 12.7. The van der Waals surface area contributed by atoms with Gasteiger partial charge in [-0.3, -0.25) is 4.79 Å². The maximum atomic E-state index is 11.9. The van der Waals surface area contributed by atoms with Crippen LogP contribution in [0.4, 0.5) is 0 Å². The minimum absolute atomic E-state index is 0.153. The molecule has 0 aromatic carbocycles. The van der Waals surface area contributed by atoms with Crippen LogP contribution in [-0.4, -0.2) is 18.0 Å². The number of carbonyl (C=O) groups is 1. The highest BCUT2D eigenvalue weighted by atomic mass is 16.1. The van der Waals surface area contributed by atoms with E-state index >= 15 is 0 Å². The van der Waals surface area contributed by atoms with Crippen LogP contribution in [0.25, 0.3) is 0 Å². The van der Waals surface area contributed by atoms with Gasteiger partial charge < -0.3 is 11.1 Å². The lowest BCUT2D eigenvalue weighted by Gasteiger charge is -2.31. The minimum Gasteiger partial charge on any atom is -0.350 e. The molecule has 3 N–H and O–H groups in total. The molecule has 0 aromatic heterocycles. The maximum Gasteiger partial charge on any atom is 0.220 e. The van der Waals surface area contributed by atoms with Gasteiger partial charge in [-0.2, -0.15) is 0 Å². The quantitative estimate of drug-likeness (QED) is 0.590. The van der Waals surface area contributed by atoms with Gasteiger partial charge in [0.1, 0.15) is 0 Å². The van der Waals surface area contributed by atoms with Crippen molar-refractivity contribution in [2.45, 2.75) is 78.2 Å². The third-order valence-corrected chi connectivity index (χ3v) is 3.26. The van der Waals surface area contributed by atoms with Gasteiger partial charge >= 0.3 is 0 Å². The Bertz CT molecular complexity index is 229. The highest BCUT2D eigenvalue weighted by Crippen LogP contribution is 2.15. The van der Waals surface area contributed by atoms with E-state index < -0.39 is 0 Å². The zero-order valence-corrected chi connectivity index (χ0v) is 12.7. The van der Waals surface area contributed by atoms with E-state index in [1.165, 1.54) is 19.3 Å². The van der Waals surface area contributed by atoms with Crippen molar-refractivity contribution in [3.05, 3.63) is 0 Å². The number of amides is 1. The molecule has 0 fully saturated rings. The molecule has 0 spiro atoms. The second kappa shape index (κ2) is 9.37. The number of nitrogens with one attached hydrogen (secondary N) is 1. The summed E-state index contributed by atoms with van der Waals surface area (Å²) in [5.41, 5.74) is 5.54. The summed E-state index contributed by atoms with van der Waals surface area (Å²) in [6.45, 7) is 9.07. The van der Waals surface area contributed by atoms with Gasteiger partial charge in [0, 0.05) is 18.5 Å². The van der Waals surface area contributed by atoms with E-state index in [-0.39, 0.29) is 11.4 Å². The summed E-state index contributed by atoms with van der Waals surface area (Å²) in [5.74, 6) is 0.698. The molecule has 0 saturated heterocycles. The lowest BCUT2D eigenvalue weighted by Crippen LogP contribution is -2.52. The highest BCUT2D eigenvalue weighted by Gasteiger charge is 2.25. The molecule has 0 aromatic rings. The first-order chi connectivity index (χ1) is 8.43. The molecular weight excluding hydrogens is 224 g/mol. The molecule has 0 heterocycles. The third kappa shape index (κ3) is 8.51. The maximum absolute atomic E-state index is 11.9. The fraction of sp³-hybridized carbons (Fsp3) is 0.933. The van der Waals surface area contributed by atoms with Crippen molar-refractivity contribution >= 4 is 5.91 Å². The Morgan fingerprint density at radius 3 is 2.33 bits per heavy atom. The summed E-state index contributed by atoms with van der Waals surface area (Å²) in [6, 6.07) is 0. The van der Waals surface area contributed by atoms with Gasteiger partial charge in [-0.15, -0.1) is 0 Å². The normalized spacial score (nSPS) is 14.6. The number of nitrogens with two attached hydrogens (primary N) is 1. The molecular formula is C15H32N2O. The summed E-state index contributed by atoms with van der Waals surface area (Å²) in [6.07, 6.45) is 7.48. The molecule has 1 unspecified atom stereocenters. The van der Waals surface area contributed by atoms with Gasteiger partial charge in [0.15, 0.2) is 0 Å². The Balaban J connectivity index is 3.89. The second-order valence-corrected chi connectivity index (χ2v) is 6.08. The number of rotatable bonds is 10. The van der Waals surface area contributed by atoms with Crippen LogP contribution in [-0.2, 0) is 4.79 Å². The van der Waals surface area contributed by atoms with E-state index in [9.17, 15) is 4.79 Å². The molecule has 1 atom stereocenters. The highest BCUT2D eigenvalue weighted by molar-refractivity contribution is 5.76. The first-order valence-corrected chi connectivity index (χ1v) is 7.44. The Labute approximate surface area is 113 Å². The predicted octanol–water partition coefficient (Wildman–Crippen LogP) is 3.23. The molecule has 108 valence electrons. The molecule has 0 aliphatic carbocycles. The molecule has 3 nitrogen and oxygen atoms in total. The SMILES string of the molecule is CCCCCCCC(=O)NC(C)(CN)CC(C)C. The predicted molar refractivity (Wildman–Crippen MR) is 78.4 cm³/mol. The van der Waals surface area contributed by atoms with E-state index in [2.05, 4.69) is 26.1 Å². The Hall–Kier alpha value is -0.570. The Morgan fingerprint density at radius 2 is 1.83 bits per heavy atom. The summed E-state index contributed by atoms with van der Waals surface area (Å²) in [4.78, 5) is 11.9. The van der Waals surface area contributed by atoms with Gasteiger partial charge in [-0.25, -0.2) is 0 Å². The average molecular weight is 256 g/mol. The van der Waals surface area contributed by atoms with E-state index in [4.69, 9.17) is 5.73 Å². The van der Waals surface area contributed by atoms with Crippen LogP contribution in [0.15, 0.2) is 0 Å². The second-order valence-electron chi connectivity index (χ2n) is 6.08. The van der Waals surface area contributed by atoms with Crippen LogP contribution in [0.1, 0.15) is 72.6 Å². The lowest BCUT2D eigenvalue weighted by molar-refractivity contribution is -0.123. The monoisotopic (exact) mass is 256 g/mol. The fourth-order valence-electron chi connectivity index (χ4n) is 2.37. The van der Waals surface area contributed by atoms with Gasteiger partial charge in [0.25, 0.3) is 0 Å². The van der Waals surface area contributed by atoms with E-state index in [0.29, 0.717) is 18.9 Å². The number of hydrogen-bond donors (Lipinski definition) is 2. The van der Waals surface area contributed by atoms with Crippen LogP contribution in [0.5, 0.6) is 0 Å². The van der Waals surface area contributed by atoms with Crippen LogP contribution in [0.3, 0.4) is 0 Å². The van der Waals surface area contributed by atoms with Gasteiger partial charge in [0.05, 0.1) is 0 Å². The summed E-state index contributed by atoms with van der Waals surface area (Å²) in [5, 5.41) is 3.10. The fourth-order valence-corrected chi connectivity index (χ4v) is 2.37. The minimum atomic E-state index is -0.241. The van der Waals surface area contributed by atoms with Crippen molar-refractivity contribution in [1.82, 2.24) is 5.32 Å². The molecule has 0 radical (unpaired) electrons. The molecule has 0 aliphatic heterocycles. The lowest BCUT2D eigenvalue weighted by atomic mass is 9.90. The zero-order chi connectivity index (χ0) is 14.0. The van der Waals surface area contributed by atoms with Crippen molar-refractivity contribution in [1.29, 1.82) is 0 Å². The van der Waals surface area contributed by atoms with Crippen molar-refractivity contribution in [3.8, 4) is 0 Å². The van der Waals surface area contributed by atoms with E-state index in [0.717, 1.165) is 19.3 Å². The van der Waals surface area contributed by atoms with E-state index in [1.807, 2.05) is 6.92 Å². The van der Waals surface area contributed by atoms with Crippen LogP contribution in [0, 0.1) is 5.92 Å². The van der Waals surface area contributed by atoms with Gasteiger partial charge in [-0.05, 0) is 25.7 Å². The van der Waals surface area contributed by atoms with Crippen molar-refractivity contribution < 1.29 is 4.79 Å². The van der Waals surface area contributed by atoms with Crippen molar-refractivity contribution in [2.75, 3.05) is 6.54 Å². The Kier molecular flexibility index (Phi) is 9.08. The molecule has 18 heavy (non-hydrogen) atoms. The van der Waals surface area contributed by atoms with Crippen LogP contribution in [0.2, 0.25) is 0 Å². The Morgan fingerprint density at radius 1 is 1.22 bits per heavy atom. The van der Waals surface area contributed by atoms with Crippen LogP contribution < -0.4 is 11.1 Å². The smallest absolute Gasteiger partial charge is 0.220 e. The molecule has 3 heteroatoms. The number of hydrogen-bond acceptors (Lipinski definition) is 2. The molecule has 0 bridgehead atoms. The first kappa shape index (κ1) is 17.4. The summed E-state index contributed by atoms with van der Waals surface area (Å²) >= 11 is 0. The number of unbranched alkanes of at least 4 members (excludes halogenated alkanes) is 4. The standard InChI is InChI=1S/C15H32N2O/c1-5-6-7-8-9-10-14(18)17-15(4,12-16)11-13(2)3/h13H,5-12,16H2,1-4H3,(H,17,18). The largest absolute Gasteiger partial charge is 0.350 e. The molecule has 0 aliphatic rings. The summed E-state index contributed by atoms with van der Waals surface area (Å²) in [7, 11) is 0. The first-order valence-electron chi connectivity index (χ1n) is 7.44. The molecule has 0 saturated carbocycles. The van der Waals surface area contributed by atoms with Crippen molar-refractivity contribution in [2.24, 2.45) is 11.7 Å². The summed E-state index contributed by atoms with van der Waals surface area (Å²) < 4.78 is 0. The number of carbonyl (C=O) groups excluding carboxylic acids is 1. The van der Waals surface area contributed by atoms with Gasteiger partial charge in [0.2, 0.25) is 5.91 Å². The van der Waals surface area contributed by atoms with E-state index in [1.54, 1.807) is 0 Å². The van der Waals surface area contributed by atoms with Crippen LogP contribution >= 0.6 is 0 Å². The molecule has 0 rings (SSSR count). The third-order valence-electron chi connectivity index (χ3n) is 3.26. The molecule has 1 amide bonds. The average Bonchev–Trinajstić information content (AvgIpc) is 2.27. The van der Waals surface area contributed by atoms with Gasteiger partial charge in [-0.1, -0.05) is 46.5 Å². The topological polar surface area (TPSA) is 55.1 Å². The van der Waals surface area contributed by atoms with Crippen molar-refractivity contribution in [3.63, 3.8) is 0 Å².